The van der Waals surface area contributed by atoms with Crippen LogP contribution in [0.4, 0.5) is 0 Å². The molecule has 3 fully saturated rings. The number of para-hydroxylation sites is 2. The topological polar surface area (TPSA) is 56.1 Å². The largest absolute Gasteiger partial charge is 0.480 e. The monoisotopic (exact) mass is 445 g/mol. The lowest BCUT2D eigenvalue weighted by Gasteiger charge is -2.43. The molecule has 0 amide bonds. The summed E-state index contributed by atoms with van der Waals surface area (Å²) in [5.74, 6) is 3.41. The van der Waals surface area contributed by atoms with Crippen molar-refractivity contribution < 1.29 is 4.74 Å². The number of ether oxygens (including phenoxy) is 1. The Bertz CT molecular complexity index is 1070. The van der Waals surface area contributed by atoms with E-state index in [4.69, 9.17) is 9.72 Å². The van der Waals surface area contributed by atoms with Crippen molar-refractivity contribution in [2.24, 2.45) is 11.8 Å². The first-order chi connectivity index (χ1) is 16.3. The van der Waals surface area contributed by atoms with Crippen LogP contribution in [0.25, 0.3) is 22.6 Å². The van der Waals surface area contributed by atoms with E-state index in [0.29, 0.717) is 11.9 Å². The first kappa shape index (κ1) is 21.1. The molecule has 6 heteroatoms. The van der Waals surface area contributed by atoms with E-state index in [-0.39, 0.29) is 0 Å². The summed E-state index contributed by atoms with van der Waals surface area (Å²) < 4.78 is 7.64. The van der Waals surface area contributed by atoms with Gasteiger partial charge in [-0.25, -0.2) is 15.0 Å². The van der Waals surface area contributed by atoms with Gasteiger partial charge in [-0.15, -0.1) is 0 Å². The summed E-state index contributed by atoms with van der Waals surface area (Å²) in [5.41, 5.74) is 3.04. The van der Waals surface area contributed by atoms with Gasteiger partial charge in [0.25, 0.3) is 0 Å². The maximum absolute atomic E-state index is 5.21. The van der Waals surface area contributed by atoms with Crippen molar-refractivity contribution in [2.75, 3.05) is 20.2 Å². The average Bonchev–Trinajstić information content (AvgIpc) is 3.17. The molecule has 3 aromatic rings. The molecule has 6 rings (SSSR count). The van der Waals surface area contributed by atoms with Crippen molar-refractivity contribution in [3.05, 3.63) is 36.7 Å². The second-order valence-electron chi connectivity index (χ2n) is 10.4. The predicted octanol–water partition coefficient (Wildman–Crippen LogP) is 5.50. The molecule has 0 N–H and O–H groups in total. The molecule has 2 aromatic heterocycles. The van der Waals surface area contributed by atoms with Gasteiger partial charge in [-0.3, -0.25) is 0 Å². The quantitative estimate of drug-likeness (QED) is 0.531. The maximum Gasteiger partial charge on any atom is 0.232 e. The molecule has 1 saturated heterocycles. The highest BCUT2D eigenvalue weighted by Gasteiger charge is 2.35. The summed E-state index contributed by atoms with van der Waals surface area (Å²) in [6.07, 6.45) is 16.0. The lowest BCUT2D eigenvalue weighted by molar-refractivity contribution is 0.0719. The predicted molar refractivity (Wildman–Crippen MR) is 130 cm³/mol. The summed E-state index contributed by atoms with van der Waals surface area (Å²) >= 11 is 0. The van der Waals surface area contributed by atoms with Gasteiger partial charge >= 0.3 is 0 Å². The number of fused-ring (bicyclic) bond motifs is 3. The van der Waals surface area contributed by atoms with E-state index in [1.165, 1.54) is 76.4 Å². The van der Waals surface area contributed by atoms with Gasteiger partial charge in [-0.2, -0.15) is 0 Å². The third-order valence-corrected chi connectivity index (χ3v) is 8.40. The van der Waals surface area contributed by atoms with Crippen molar-refractivity contribution >= 4 is 11.0 Å². The first-order valence-electron chi connectivity index (χ1n) is 12.9. The van der Waals surface area contributed by atoms with Gasteiger partial charge < -0.3 is 14.2 Å². The third kappa shape index (κ3) is 4.14. The molecule has 174 valence electrons. The molecule has 6 nitrogen and oxygen atoms in total. The fourth-order valence-electron chi connectivity index (χ4n) is 6.81. The van der Waals surface area contributed by atoms with Crippen LogP contribution in [0.3, 0.4) is 0 Å². The average molecular weight is 446 g/mol. The van der Waals surface area contributed by atoms with Gasteiger partial charge in [0.05, 0.1) is 30.5 Å². The molecule has 3 heterocycles. The molecule has 1 aliphatic heterocycles. The normalized spacial score (nSPS) is 26.9. The van der Waals surface area contributed by atoms with E-state index in [9.17, 15) is 0 Å². The van der Waals surface area contributed by atoms with Crippen molar-refractivity contribution in [1.29, 1.82) is 0 Å². The summed E-state index contributed by atoms with van der Waals surface area (Å²) in [5, 5.41) is 0. The van der Waals surface area contributed by atoms with Crippen LogP contribution < -0.4 is 4.74 Å². The van der Waals surface area contributed by atoms with Gasteiger partial charge in [0.1, 0.15) is 5.69 Å². The first-order valence-corrected chi connectivity index (χ1v) is 12.9. The van der Waals surface area contributed by atoms with Crippen LogP contribution in [0.1, 0.15) is 63.8 Å². The lowest BCUT2D eigenvalue weighted by Crippen LogP contribution is -2.45. The highest BCUT2D eigenvalue weighted by Crippen LogP contribution is 2.41. The Morgan fingerprint density at radius 2 is 1.61 bits per heavy atom. The maximum atomic E-state index is 5.21. The number of methoxy groups -OCH3 is 1. The molecule has 3 atom stereocenters. The van der Waals surface area contributed by atoms with Gasteiger partial charge in [-0.05, 0) is 56.1 Å². The highest BCUT2D eigenvalue weighted by molar-refractivity contribution is 5.80. The van der Waals surface area contributed by atoms with Crippen LogP contribution in [0.2, 0.25) is 0 Å². The molecular weight excluding hydrogens is 410 g/mol. The van der Waals surface area contributed by atoms with E-state index in [1.54, 1.807) is 19.5 Å². The van der Waals surface area contributed by atoms with E-state index < -0.39 is 0 Å². The Kier molecular flexibility index (Phi) is 5.78. The number of hydrogen-bond acceptors (Lipinski definition) is 5. The molecule has 0 unspecified atom stereocenters. The van der Waals surface area contributed by atoms with Crippen LogP contribution in [0.5, 0.6) is 5.88 Å². The second-order valence-corrected chi connectivity index (χ2v) is 10.4. The highest BCUT2D eigenvalue weighted by atomic mass is 16.5. The molecule has 2 aliphatic carbocycles. The fourth-order valence-corrected chi connectivity index (χ4v) is 6.81. The summed E-state index contributed by atoms with van der Waals surface area (Å²) in [7, 11) is 1.62. The number of nitrogens with zero attached hydrogens (tertiary/aromatic N) is 5. The fraction of sp³-hybridized carbons (Fsp3) is 0.593. The molecule has 2 bridgehead atoms. The molecule has 0 radical (unpaired) electrons. The van der Waals surface area contributed by atoms with Crippen molar-refractivity contribution in [3.8, 4) is 17.4 Å². The number of hydrogen-bond donors (Lipinski definition) is 0. The van der Waals surface area contributed by atoms with Gasteiger partial charge in [-0.1, -0.05) is 37.8 Å². The number of likely N-dealkylation sites (tertiary alicyclic amines) is 1. The Hall–Kier alpha value is -2.47. The Morgan fingerprint density at radius 1 is 0.848 bits per heavy atom. The molecular formula is C27H35N5O. The van der Waals surface area contributed by atoms with Crippen molar-refractivity contribution in [3.63, 3.8) is 0 Å². The van der Waals surface area contributed by atoms with Crippen molar-refractivity contribution in [2.45, 2.75) is 69.9 Å². The SMILES string of the molecule is COc1cnc(-c2nc3ccccc3n2C2CCN([C@@H]3C[C@@H]4CCCC[C@@H](C4)C3)CC2)cn1. The zero-order valence-corrected chi connectivity index (χ0v) is 19.7. The molecule has 3 aliphatic rings. The van der Waals surface area contributed by atoms with E-state index in [2.05, 4.69) is 43.7 Å². The molecule has 0 spiro atoms. The number of rotatable bonds is 4. The Morgan fingerprint density at radius 3 is 2.30 bits per heavy atom. The summed E-state index contributed by atoms with van der Waals surface area (Å²) in [6, 6.07) is 9.72. The van der Waals surface area contributed by atoms with Crippen LogP contribution >= 0.6 is 0 Å². The summed E-state index contributed by atoms with van der Waals surface area (Å²) in [4.78, 5) is 16.8. The number of piperidine rings is 1. The van der Waals surface area contributed by atoms with Crippen LogP contribution in [-0.2, 0) is 0 Å². The minimum atomic E-state index is 0.443. The van der Waals surface area contributed by atoms with Crippen LogP contribution in [0.15, 0.2) is 36.7 Å². The Balaban J connectivity index is 1.24. The minimum absolute atomic E-state index is 0.443. The zero-order chi connectivity index (χ0) is 22.2. The van der Waals surface area contributed by atoms with Crippen LogP contribution in [0, 0.1) is 11.8 Å². The number of imidazole rings is 1. The van der Waals surface area contributed by atoms with E-state index in [0.717, 1.165) is 34.9 Å². The number of aromatic nitrogens is 4. The van der Waals surface area contributed by atoms with Crippen LogP contribution in [-0.4, -0.2) is 50.7 Å². The Labute approximate surface area is 196 Å². The van der Waals surface area contributed by atoms with Gasteiger partial charge in [0, 0.05) is 25.2 Å². The molecule has 2 saturated carbocycles. The smallest absolute Gasteiger partial charge is 0.232 e. The lowest BCUT2D eigenvalue weighted by atomic mass is 9.77. The molecule has 1 aromatic carbocycles. The standard InChI is InChI=1S/C27H35N5O/c1-33-26-18-28-24(17-29-26)27-30-23-8-4-5-9-25(23)32(27)21-10-12-31(13-11-21)22-15-19-6-2-3-7-20(14-19)16-22/h4-5,8-9,17-22H,2-3,6-7,10-16H2,1H3/t19-,20+,22-. The minimum Gasteiger partial charge on any atom is -0.480 e. The van der Waals surface area contributed by atoms with E-state index >= 15 is 0 Å². The third-order valence-electron chi connectivity index (χ3n) is 8.40. The zero-order valence-electron chi connectivity index (χ0n) is 19.7. The molecule has 33 heavy (non-hydrogen) atoms. The van der Waals surface area contributed by atoms with Gasteiger partial charge in [0.15, 0.2) is 5.82 Å². The number of benzene rings is 1. The van der Waals surface area contributed by atoms with Crippen molar-refractivity contribution in [1.82, 2.24) is 24.4 Å². The summed E-state index contributed by atoms with van der Waals surface area (Å²) in [6.45, 7) is 2.38. The van der Waals surface area contributed by atoms with Gasteiger partial charge in [0.2, 0.25) is 5.88 Å². The van der Waals surface area contributed by atoms with E-state index in [1.807, 2.05) is 0 Å². The second kappa shape index (κ2) is 9.05.